The smallest absolute Gasteiger partial charge is 0.274 e. The van der Waals surface area contributed by atoms with E-state index in [1.165, 1.54) is 25.7 Å². The molecule has 0 bridgehead atoms. The minimum Gasteiger partial charge on any atom is -0.378 e. The Labute approximate surface area is 143 Å². The van der Waals surface area contributed by atoms with E-state index in [1.807, 2.05) is 11.9 Å². The molecule has 3 aliphatic rings. The van der Waals surface area contributed by atoms with Gasteiger partial charge in [-0.2, -0.15) is 5.10 Å². The number of aromatic nitrogens is 2. The first-order valence-electron chi connectivity index (χ1n) is 9.18. The van der Waals surface area contributed by atoms with Crippen LogP contribution in [0.25, 0.3) is 0 Å². The molecule has 0 N–H and O–H groups in total. The Bertz CT molecular complexity index is 588. The number of amides is 1. The molecule has 1 aromatic heterocycles. The molecule has 3 fully saturated rings. The van der Waals surface area contributed by atoms with E-state index in [9.17, 15) is 4.79 Å². The first kappa shape index (κ1) is 16.1. The molecule has 6 nitrogen and oxygen atoms in total. The summed E-state index contributed by atoms with van der Waals surface area (Å²) in [5.41, 5.74) is 0.320. The van der Waals surface area contributed by atoms with Gasteiger partial charge in [0.05, 0.1) is 19.2 Å². The maximum atomic E-state index is 12.4. The molecule has 2 aliphatic heterocycles. The highest BCUT2D eigenvalue weighted by Crippen LogP contribution is 2.36. The van der Waals surface area contributed by atoms with E-state index >= 15 is 0 Å². The van der Waals surface area contributed by atoms with Crippen molar-refractivity contribution in [3.63, 3.8) is 0 Å². The highest BCUT2D eigenvalue weighted by Gasteiger charge is 2.50. The quantitative estimate of drug-likeness (QED) is 0.846. The number of carbonyl (C=O) groups is 1. The molecule has 132 valence electrons. The van der Waals surface area contributed by atoms with Gasteiger partial charge in [-0.25, -0.2) is 0 Å². The van der Waals surface area contributed by atoms with Crippen LogP contribution in [-0.2, 0) is 16.5 Å². The van der Waals surface area contributed by atoms with E-state index in [1.54, 1.807) is 16.9 Å². The van der Waals surface area contributed by atoms with Gasteiger partial charge in [0, 0.05) is 32.9 Å². The summed E-state index contributed by atoms with van der Waals surface area (Å²) in [7, 11) is 1.82. The van der Waals surface area contributed by atoms with Crippen LogP contribution in [-0.4, -0.2) is 58.6 Å². The number of carbonyl (C=O) groups excluding carboxylic acids is 1. The van der Waals surface area contributed by atoms with E-state index in [0.29, 0.717) is 18.8 Å². The second-order valence-corrected chi connectivity index (χ2v) is 7.67. The van der Waals surface area contributed by atoms with E-state index in [4.69, 9.17) is 9.47 Å². The van der Waals surface area contributed by atoms with E-state index in [0.717, 1.165) is 32.0 Å². The number of hydrogen-bond donors (Lipinski definition) is 0. The van der Waals surface area contributed by atoms with Crippen molar-refractivity contribution in [2.75, 3.05) is 26.3 Å². The summed E-state index contributed by atoms with van der Waals surface area (Å²) >= 11 is 0. The van der Waals surface area contributed by atoms with Crippen LogP contribution in [0.3, 0.4) is 0 Å². The summed E-state index contributed by atoms with van der Waals surface area (Å²) < 4.78 is 13.9. The number of ether oxygens (including phenoxy) is 2. The predicted octanol–water partition coefficient (Wildman–Crippen LogP) is 2.00. The average molecular weight is 333 g/mol. The van der Waals surface area contributed by atoms with E-state index in [-0.39, 0.29) is 17.6 Å². The van der Waals surface area contributed by atoms with Crippen LogP contribution < -0.4 is 0 Å². The van der Waals surface area contributed by atoms with Gasteiger partial charge in [-0.15, -0.1) is 0 Å². The van der Waals surface area contributed by atoms with Crippen molar-refractivity contribution in [1.29, 1.82) is 0 Å². The third kappa shape index (κ3) is 3.22. The molecule has 4 rings (SSSR count). The maximum Gasteiger partial charge on any atom is 0.274 e. The number of nitrogens with zero attached hydrogens (tertiary/aromatic N) is 3. The molecule has 6 heteroatoms. The fourth-order valence-corrected chi connectivity index (χ4v) is 4.28. The Morgan fingerprint density at radius 3 is 2.88 bits per heavy atom. The van der Waals surface area contributed by atoms with Crippen molar-refractivity contribution in [1.82, 2.24) is 14.7 Å². The zero-order valence-electron chi connectivity index (χ0n) is 14.4. The minimum absolute atomic E-state index is 0.00109. The monoisotopic (exact) mass is 333 g/mol. The first-order chi connectivity index (χ1) is 11.6. The number of hydrogen-bond acceptors (Lipinski definition) is 4. The summed E-state index contributed by atoms with van der Waals surface area (Å²) in [6.45, 7) is 2.95. The van der Waals surface area contributed by atoms with Crippen LogP contribution in [0.2, 0.25) is 0 Å². The van der Waals surface area contributed by atoms with Gasteiger partial charge in [0.15, 0.2) is 0 Å². The lowest BCUT2D eigenvalue weighted by Gasteiger charge is -2.52. The van der Waals surface area contributed by atoms with Gasteiger partial charge in [-0.3, -0.25) is 9.48 Å². The molecule has 1 spiro atoms. The van der Waals surface area contributed by atoms with Gasteiger partial charge < -0.3 is 14.4 Å². The largest absolute Gasteiger partial charge is 0.378 e. The molecule has 1 aromatic rings. The molecule has 3 heterocycles. The predicted molar refractivity (Wildman–Crippen MR) is 88.7 cm³/mol. The topological polar surface area (TPSA) is 56.6 Å². The molecule has 1 aliphatic carbocycles. The van der Waals surface area contributed by atoms with Gasteiger partial charge in [0.1, 0.15) is 11.3 Å². The lowest BCUT2D eigenvalue weighted by molar-refractivity contribution is -0.187. The highest BCUT2D eigenvalue weighted by molar-refractivity contribution is 5.93. The Morgan fingerprint density at radius 2 is 2.17 bits per heavy atom. The molecule has 2 saturated heterocycles. The highest BCUT2D eigenvalue weighted by atomic mass is 16.5. The lowest BCUT2D eigenvalue weighted by Crippen LogP contribution is -2.67. The van der Waals surface area contributed by atoms with E-state index < -0.39 is 0 Å². The zero-order chi connectivity index (χ0) is 16.6. The fourth-order valence-electron chi connectivity index (χ4n) is 4.28. The van der Waals surface area contributed by atoms with Crippen LogP contribution in [0, 0.1) is 5.92 Å². The van der Waals surface area contributed by atoms with Crippen LogP contribution >= 0.6 is 0 Å². The van der Waals surface area contributed by atoms with E-state index in [2.05, 4.69) is 5.10 Å². The Hall–Kier alpha value is -1.40. The van der Waals surface area contributed by atoms with Crippen LogP contribution in [0.4, 0.5) is 0 Å². The SMILES string of the molecule is Cn1ccc(C(=O)N2CC3(CC(OCC4CCCC4)CCO3)C2)n1. The Balaban J connectivity index is 1.28. The van der Waals surface area contributed by atoms with Crippen LogP contribution in [0.5, 0.6) is 0 Å². The van der Waals surface area contributed by atoms with Crippen LogP contribution in [0.15, 0.2) is 12.3 Å². The maximum absolute atomic E-state index is 12.4. The Kier molecular flexibility index (Phi) is 4.35. The van der Waals surface area contributed by atoms with Crippen molar-refractivity contribution in [3.8, 4) is 0 Å². The van der Waals surface area contributed by atoms with Crippen molar-refractivity contribution < 1.29 is 14.3 Å². The summed E-state index contributed by atoms with van der Waals surface area (Å²) in [6, 6.07) is 1.77. The number of aryl methyl sites for hydroxylation is 1. The number of rotatable bonds is 4. The number of likely N-dealkylation sites (tertiary alicyclic amines) is 1. The van der Waals surface area contributed by atoms with Gasteiger partial charge >= 0.3 is 0 Å². The second-order valence-electron chi connectivity index (χ2n) is 7.67. The molecular weight excluding hydrogens is 306 g/mol. The minimum atomic E-state index is -0.191. The first-order valence-corrected chi connectivity index (χ1v) is 9.18. The standard InChI is InChI=1S/C18H27N3O3/c1-20-8-6-16(19-20)17(22)21-12-18(13-21)10-15(7-9-24-18)23-11-14-4-2-3-5-14/h6,8,14-15H,2-5,7,9-13H2,1H3. The summed E-state index contributed by atoms with van der Waals surface area (Å²) in [5.74, 6) is 0.756. The summed E-state index contributed by atoms with van der Waals surface area (Å²) in [5, 5.41) is 4.20. The van der Waals surface area contributed by atoms with Gasteiger partial charge in [-0.1, -0.05) is 12.8 Å². The molecule has 1 atom stereocenters. The molecule has 24 heavy (non-hydrogen) atoms. The summed E-state index contributed by atoms with van der Waals surface area (Å²) in [4.78, 5) is 14.2. The lowest BCUT2D eigenvalue weighted by atomic mass is 9.84. The van der Waals surface area contributed by atoms with Gasteiger partial charge in [0.25, 0.3) is 5.91 Å². The fraction of sp³-hybridized carbons (Fsp3) is 0.778. The van der Waals surface area contributed by atoms with Crippen molar-refractivity contribution in [3.05, 3.63) is 18.0 Å². The van der Waals surface area contributed by atoms with Crippen molar-refractivity contribution in [2.24, 2.45) is 13.0 Å². The normalized spacial score (nSPS) is 26.7. The van der Waals surface area contributed by atoms with Gasteiger partial charge in [0.2, 0.25) is 0 Å². The molecular formula is C18H27N3O3. The molecule has 1 unspecified atom stereocenters. The molecule has 0 aromatic carbocycles. The molecule has 1 saturated carbocycles. The average Bonchev–Trinajstić information content (AvgIpc) is 3.21. The Morgan fingerprint density at radius 1 is 1.38 bits per heavy atom. The third-order valence-corrected chi connectivity index (χ3v) is 5.67. The van der Waals surface area contributed by atoms with Crippen molar-refractivity contribution in [2.45, 2.75) is 50.2 Å². The molecule has 1 amide bonds. The summed E-state index contributed by atoms with van der Waals surface area (Å²) in [6.07, 6.45) is 9.32. The third-order valence-electron chi connectivity index (χ3n) is 5.67. The second kappa shape index (κ2) is 6.48. The zero-order valence-corrected chi connectivity index (χ0v) is 14.4. The van der Waals surface area contributed by atoms with Crippen LogP contribution in [0.1, 0.15) is 49.0 Å². The molecule has 0 radical (unpaired) electrons. The van der Waals surface area contributed by atoms with Gasteiger partial charge in [-0.05, 0) is 31.2 Å². The van der Waals surface area contributed by atoms with Crippen molar-refractivity contribution >= 4 is 5.91 Å².